The lowest BCUT2D eigenvalue weighted by Crippen LogP contribution is -2.14. The van der Waals surface area contributed by atoms with E-state index in [0.29, 0.717) is 16.9 Å². The van der Waals surface area contributed by atoms with Gasteiger partial charge in [-0.05, 0) is 32.0 Å². The van der Waals surface area contributed by atoms with E-state index in [1.165, 1.54) is 12.1 Å². The van der Waals surface area contributed by atoms with Gasteiger partial charge in [-0.15, -0.1) is 0 Å². The number of rotatable bonds is 2. The molecule has 6 heteroatoms. The van der Waals surface area contributed by atoms with Crippen molar-refractivity contribution in [3.05, 3.63) is 46.5 Å². The molecule has 0 saturated carbocycles. The predicted molar refractivity (Wildman–Crippen MR) is 71.8 cm³/mol. The number of nitrogens with one attached hydrogen (secondary N) is 1. The van der Waals surface area contributed by atoms with E-state index in [2.05, 4.69) is 10.4 Å². The normalized spacial score (nSPS) is 10.2. The maximum absolute atomic E-state index is 13.2. The molecule has 0 aliphatic heterocycles. The Kier molecular flexibility index (Phi) is 3.53. The lowest BCUT2D eigenvalue weighted by Gasteiger charge is -2.06. The zero-order chi connectivity index (χ0) is 14.9. The zero-order valence-corrected chi connectivity index (χ0v) is 11.4. The number of aryl methyl sites for hydroxylation is 2. The smallest absolute Gasteiger partial charge is 0.259 e. The molecule has 1 aromatic heterocycles. The van der Waals surface area contributed by atoms with Crippen molar-refractivity contribution in [1.29, 1.82) is 5.26 Å². The summed E-state index contributed by atoms with van der Waals surface area (Å²) < 4.78 is 14.8. The minimum absolute atomic E-state index is 0.109. The Hall–Kier alpha value is -2.68. The average molecular weight is 272 g/mol. The summed E-state index contributed by atoms with van der Waals surface area (Å²) in [5.41, 5.74) is 2.10. The molecule has 0 unspecified atom stereocenters. The van der Waals surface area contributed by atoms with Gasteiger partial charge in [0.2, 0.25) is 0 Å². The number of amides is 1. The van der Waals surface area contributed by atoms with Gasteiger partial charge in [0.05, 0.1) is 16.8 Å². The summed E-state index contributed by atoms with van der Waals surface area (Å²) in [7, 11) is 1.75. The van der Waals surface area contributed by atoms with Crippen LogP contribution in [0.1, 0.15) is 27.3 Å². The minimum atomic E-state index is -0.612. The van der Waals surface area contributed by atoms with Gasteiger partial charge < -0.3 is 5.32 Å². The van der Waals surface area contributed by atoms with Crippen LogP contribution in [0.4, 0.5) is 10.1 Å². The van der Waals surface area contributed by atoms with Crippen molar-refractivity contribution < 1.29 is 9.18 Å². The van der Waals surface area contributed by atoms with E-state index in [1.807, 2.05) is 0 Å². The lowest BCUT2D eigenvalue weighted by molar-refractivity contribution is 0.102. The van der Waals surface area contributed by atoms with Crippen LogP contribution >= 0.6 is 0 Å². The highest BCUT2D eigenvalue weighted by molar-refractivity contribution is 6.05. The monoisotopic (exact) mass is 272 g/mol. The van der Waals surface area contributed by atoms with Crippen molar-refractivity contribution in [2.24, 2.45) is 7.05 Å². The number of hydrogen-bond acceptors (Lipinski definition) is 3. The Morgan fingerprint density at radius 3 is 2.70 bits per heavy atom. The first-order valence-corrected chi connectivity index (χ1v) is 5.95. The topological polar surface area (TPSA) is 70.7 Å². The maximum atomic E-state index is 13.2. The highest BCUT2D eigenvalue weighted by atomic mass is 19.1. The third-order valence-electron chi connectivity index (χ3n) is 3.08. The van der Waals surface area contributed by atoms with Gasteiger partial charge in [-0.25, -0.2) is 4.39 Å². The molecule has 1 aromatic carbocycles. The molecule has 0 saturated heterocycles. The average Bonchev–Trinajstić information content (AvgIpc) is 2.65. The van der Waals surface area contributed by atoms with Crippen LogP contribution in [0.25, 0.3) is 0 Å². The highest BCUT2D eigenvalue weighted by Gasteiger charge is 2.17. The number of carbonyl (C=O) groups is 1. The standard InChI is InChI=1S/C14H13FN4O/c1-8-13(9(2)19(3)18-8)14(20)17-11-4-5-12(15)10(6-11)7-16/h4-6H,1-3H3,(H,17,20). The molecule has 0 aliphatic carbocycles. The molecule has 1 amide bonds. The number of carbonyl (C=O) groups excluding carboxylic acids is 1. The Morgan fingerprint density at radius 2 is 2.15 bits per heavy atom. The van der Waals surface area contributed by atoms with Crippen LogP contribution in [0.2, 0.25) is 0 Å². The molecule has 20 heavy (non-hydrogen) atoms. The lowest BCUT2D eigenvalue weighted by atomic mass is 10.1. The molecule has 102 valence electrons. The van der Waals surface area contributed by atoms with Gasteiger partial charge in [0.25, 0.3) is 5.91 Å². The summed E-state index contributed by atoms with van der Waals surface area (Å²) in [4.78, 5) is 12.2. The molecule has 0 aliphatic rings. The minimum Gasteiger partial charge on any atom is -0.322 e. The van der Waals surface area contributed by atoms with E-state index < -0.39 is 5.82 Å². The first-order valence-electron chi connectivity index (χ1n) is 5.95. The summed E-state index contributed by atoms with van der Waals surface area (Å²) in [5, 5.41) is 15.6. The van der Waals surface area contributed by atoms with Crippen molar-refractivity contribution in [1.82, 2.24) is 9.78 Å². The number of anilines is 1. The quantitative estimate of drug-likeness (QED) is 0.911. The van der Waals surface area contributed by atoms with Crippen LogP contribution in [0.5, 0.6) is 0 Å². The summed E-state index contributed by atoms with van der Waals surface area (Å²) in [6.07, 6.45) is 0. The molecule has 1 heterocycles. The second-order valence-electron chi connectivity index (χ2n) is 4.43. The van der Waals surface area contributed by atoms with E-state index in [1.54, 1.807) is 31.6 Å². The van der Waals surface area contributed by atoms with Crippen LogP contribution in [-0.4, -0.2) is 15.7 Å². The van der Waals surface area contributed by atoms with E-state index >= 15 is 0 Å². The van der Waals surface area contributed by atoms with Crippen molar-refractivity contribution in [3.8, 4) is 6.07 Å². The SMILES string of the molecule is Cc1nn(C)c(C)c1C(=O)Nc1ccc(F)c(C#N)c1. The van der Waals surface area contributed by atoms with E-state index in [-0.39, 0.29) is 11.5 Å². The second-order valence-corrected chi connectivity index (χ2v) is 4.43. The molecule has 2 rings (SSSR count). The van der Waals surface area contributed by atoms with Crippen molar-refractivity contribution in [3.63, 3.8) is 0 Å². The van der Waals surface area contributed by atoms with Crippen molar-refractivity contribution in [2.75, 3.05) is 5.32 Å². The number of aromatic nitrogens is 2. The van der Waals surface area contributed by atoms with E-state index in [9.17, 15) is 9.18 Å². The first kappa shape index (κ1) is 13.7. The van der Waals surface area contributed by atoms with Gasteiger partial charge in [-0.3, -0.25) is 9.48 Å². The Morgan fingerprint density at radius 1 is 1.45 bits per heavy atom. The zero-order valence-electron chi connectivity index (χ0n) is 11.4. The van der Waals surface area contributed by atoms with Gasteiger partial charge in [0.15, 0.2) is 0 Å². The largest absolute Gasteiger partial charge is 0.322 e. The number of nitrogens with zero attached hydrogens (tertiary/aromatic N) is 3. The summed E-state index contributed by atoms with van der Waals surface area (Å²) in [6, 6.07) is 5.59. The van der Waals surface area contributed by atoms with Gasteiger partial charge in [0.1, 0.15) is 11.9 Å². The summed E-state index contributed by atoms with van der Waals surface area (Å²) in [6.45, 7) is 3.54. The Labute approximate surface area is 115 Å². The fourth-order valence-corrected chi connectivity index (χ4v) is 1.98. The van der Waals surface area contributed by atoms with Crippen molar-refractivity contribution >= 4 is 11.6 Å². The molecular formula is C14H13FN4O. The third kappa shape index (κ3) is 2.38. The Balaban J connectivity index is 2.31. The number of halogens is 1. The molecule has 0 radical (unpaired) electrons. The second kappa shape index (κ2) is 5.13. The number of benzene rings is 1. The van der Waals surface area contributed by atoms with Crippen LogP contribution in [0.3, 0.4) is 0 Å². The summed E-state index contributed by atoms with van der Waals surface area (Å²) in [5.74, 6) is -0.942. The molecule has 0 fully saturated rings. The molecule has 1 N–H and O–H groups in total. The van der Waals surface area contributed by atoms with Gasteiger partial charge in [0, 0.05) is 18.4 Å². The first-order chi connectivity index (χ1) is 9.43. The molecule has 0 spiro atoms. The van der Waals surface area contributed by atoms with Gasteiger partial charge in [-0.2, -0.15) is 10.4 Å². The molecule has 0 atom stereocenters. The van der Waals surface area contributed by atoms with Gasteiger partial charge >= 0.3 is 0 Å². The molecule has 5 nitrogen and oxygen atoms in total. The van der Waals surface area contributed by atoms with Gasteiger partial charge in [-0.1, -0.05) is 0 Å². The van der Waals surface area contributed by atoms with E-state index in [0.717, 1.165) is 11.8 Å². The fraction of sp³-hybridized carbons (Fsp3) is 0.214. The fourth-order valence-electron chi connectivity index (χ4n) is 1.98. The number of nitriles is 1. The number of hydrogen-bond donors (Lipinski definition) is 1. The van der Waals surface area contributed by atoms with Crippen LogP contribution in [0.15, 0.2) is 18.2 Å². The maximum Gasteiger partial charge on any atom is 0.259 e. The third-order valence-corrected chi connectivity index (χ3v) is 3.08. The molecule has 0 bridgehead atoms. The van der Waals surface area contributed by atoms with E-state index in [4.69, 9.17) is 5.26 Å². The van der Waals surface area contributed by atoms with Crippen LogP contribution in [0, 0.1) is 31.0 Å². The highest BCUT2D eigenvalue weighted by Crippen LogP contribution is 2.17. The van der Waals surface area contributed by atoms with Crippen LogP contribution < -0.4 is 5.32 Å². The molecular weight excluding hydrogens is 259 g/mol. The Bertz CT molecular complexity index is 728. The predicted octanol–water partition coefficient (Wildman–Crippen LogP) is 2.30. The van der Waals surface area contributed by atoms with Crippen molar-refractivity contribution in [2.45, 2.75) is 13.8 Å². The molecule has 2 aromatic rings. The van der Waals surface area contributed by atoms with Crippen LogP contribution in [-0.2, 0) is 7.05 Å². The summed E-state index contributed by atoms with van der Waals surface area (Å²) >= 11 is 0.